The van der Waals surface area contributed by atoms with Gasteiger partial charge >= 0.3 is 0 Å². The molecular weight excluding hydrogens is 278 g/mol. The lowest BCUT2D eigenvalue weighted by Crippen LogP contribution is -2.46. The Labute approximate surface area is 130 Å². The molecule has 22 heavy (non-hydrogen) atoms. The standard InChI is InChI=1S/C17H21N3O2/c1-2-3-6-19-7-9-20(10-8-19)14-4-5-15-13(11-14)12-16(22-15)17(18)21/h2,4-5,11-12H,1,3,6-10H2,(H2,18,21). The Bertz CT molecular complexity index is 684. The van der Waals surface area contributed by atoms with Gasteiger partial charge in [-0.15, -0.1) is 6.58 Å². The number of hydrogen-bond acceptors (Lipinski definition) is 4. The molecule has 0 unspecified atom stereocenters. The second-order valence-electron chi connectivity index (χ2n) is 5.60. The van der Waals surface area contributed by atoms with Crippen molar-refractivity contribution in [2.45, 2.75) is 6.42 Å². The summed E-state index contributed by atoms with van der Waals surface area (Å²) in [4.78, 5) is 16.0. The number of carbonyl (C=O) groups excluding carboxylic acids is 1. The summed E-state index contributed by atoms with van der Waals surface area (Å²) in [6, 6.07) is 7.71. The van der Waals surface area contributed by atoms with Crippen LogP contribution in [0.4, 0.5) is 5.69 Å². The Morgan fingerprint density at radius 3 is 2.73 bits per heavy atom. The minimum atomic E-state index is -0.534. The minimum Gasteiger partial charge on any atom is -0.451 e. The van der Waals surface area contributed by atoms with E-state index in [4.69, 9.17) is 10.2 Å². The summed E-state index contributed by atoms with van der Waals surface area (Å²) in [5, 5.41) is 0.917. The molecule has 5 heteroatoms. The molecule has 1 amide bonds. The fourth-order valence-electron chi connectivity index (χ4n) is 2.85. The summed E-state index contributed by atoms with van der Waals surface area (Å²) >= 11 is 0. The maximum absolute atomic E-state index is 11.2. The van der Waals surface area contributed by atoms with Crippen LogP contribution >= 0.6 is 0 Å². The van der Waals surface area contributed by atoms with Gasteiger partial charge in [0.25, 0.3) is 5.91 Å². The van der Waals surface area contributed by atoms with Crippen molar-refractivity contribution < 1.29 is 9.21 Å². The number of primary amides is 1. The lowest BCUT2D eigenvalue weighted by Gasteiger charge is -2.36. The first-order chi connectivity index (χ1) is 10.7. The zero-order chi connectivity index (χ0) is 15.5. The average Bonchev–Trinajstić information content (AvgIpc) is 2.97. The van der Waals surface area contributed by atoms with Crippen LogP contribution in [0.2, 0.25) is 0 Å². The predicted molar refractivity (Wildman–Crippen MR) is 88.2 cm³/mol. The third-order valence-corrected chi connectivity index (χ3v) is 4.13. The summed E-state index contributed by atoms with van der Waals surface area (Å²) in [6.45, 7) is 8.98. The summed E-state index contributed by atoms with van der Waals surface area (Å²) in [5.74, 6) is -0.324. The fraction of sp³-hybridized carbons (Fsp3) is 0.353. The maximum atomic E-state index is 11.2. The van der Waals surface area contributed by atoms with Gasteiger partial charge in [0.05, 0.1) is 0 Å². The number of hydrogen-bond donors (Lipinski definition) is 1. The normalized spacial score (nSPS) is 16.1. The molecule has 1 aromatic heterocycles. The Balaban J connectivity index is 1.71. The van der Waals surface area contributed by atoms with Crippen molar-refractivity contribution in [3.05, 3.63) is 42.7 Å². The van der Waals surface area contributed by atoms with Crippen molar-refractivity contribution >= 4 is 22.6 Å². The van der Waals surface area contributed by atoms with Crippen molar-refractivity contribution in [2.24, 2.45) is 5.73 Å². The van der Waals surface area contributed by atoms with E-state index in [0.717, 1.165) is 50.2 Å². The number of piperazine rings is 1. The summed E-state index contributed by atoms with van der Waals surface area (Å²) in [6.07, 6.45) is 3.01. The molecule has 0 bridgehead atoms. The highest BCUT2D eigenvalue weighted by molar-refractivity contribution is 5.95. The Kier molecular flexibility index (Phi) is 4.15. The van der Waals surface area contributed by atoms with E-state index in [1.54, 1.807) is 6.07 Å². The van der Waals surface area contributed by atoms with Gasteiger partial charge in [0.1, 0.15) is 5.58 Å². The number of carbonyl (C=O) groups is 1. The quantitative estimate of drug-likeness (QED) is 0.860. The molecular formula is C17H21N3O2. The number of amides is 1. The molecule has 0 atom stereocenters. The first kappa shape index (κ1) is 14.7. The Morgan fingerprint density at radius 2 is 2.05 bits per heavy atom. The first-order valence-electron chi connectivity index (χ1n) is 7.59. The molecule has 0 spiro atoms. The molecule has 0 radical (unpaired) electrons. The topological polar surface area (TPSA) is 62.7 Å². The van der Waals surface area contributed by atoms with Gasteiger partial charge in [-0.25, -0.2) is 0 Å². The van der Waals surface area contributed by atoms with E-state index in [1.807, 2.05) is 18.2 Å². The van der Waals surface area contributed by atoms with Gasteiger partial charge in [0.2, 0.25) is 0 Å². The summed E-state index contributed by atoms with van der Waals surface area (Å²) < 4.78 is 5.42. The van der Waals surface area contributed by atoms with Crippen molar-refractivity contribution in [1.29, 1.82) is 0 Å². The van der Waals surface area contributed by atoms with E-state index in [2.05, 4.69) is 22.4 Å². The van der Waals surface area contributed by atoms with Gasteiger partial charge in [-0.3, -0.25) is 9.69 Å². The highest BCUT2D eigenvalue weighted by Gasteiger charge is 2.17. The smallest absolute Gasteiger partial charge is 0.284 e. The Morgan fingerprint density at radius 1 is 1.27 bits per heavy atom. The molecule has 1 aromatic carbocycles. The van der Waals surface area contributed by atoms with Crippen LogP contribution in [-0.2, 0) is 0 Å². The highest BCUT2D eigenvalue weighted by atomic mass is 16.3. The highest BCUT2D eigenvalue weighted by Crippen LogP contribution is 2.25. The van der Waals surface area contributed by atoms with Gasteiger partial charge in [-0.2, -0.15) is 0 Å². The lowest BCUT2D eigenvalue weighted by molar-refractivity contribution is 0.0976. The van der Waals surface area contributed by atoms with E-state index >= 15 is 0 Å². The third-order valence-electron chi connectivity index (χ3n) is 4.13. The van der Waals surface area contributed by atoms with Gasteiger partial charge in [-0.1, -0.05) is 6.08 Å². The van der Waals surface area contributed by atoms with Crippen LogP contribution in [0.5, 0.6) is 0 Å². The van der Waals surface area contributed by atoms with Gasteiger partial charge in [-0.05, 0) is 30.7 Å². The molecule has 2 N–H and O–H groups in total. The van der Waals surface area contributed by atoms with E-state index in [1.165, 1.54) is 0 Å². The summed E-state index contributed by atoms with van der Waals surface area (Å²) in [7, 11) is 0. The van der Waals surface area contributed by atoms with E-state index < -0.39 is 5.91 Å². The number of fused-ring (bicyclic) bond motifs is 1. The first-order valence-corrected chi connectivity index (χ1v) is 7.59. The van der Waals surface area contributed by atoms with Gasteiger partial charge < -0.3 is 15.1 Å². The van der Waals surface area contributed by atoms with Crippen LogP contribution in [0.15, 0.2) is 41.3 Å². The molecule has 116 valence electrons. The van der Waals surface area contributed by atoms with Crippen LogP contribution in [-0.4, -0.2) is 43.5 Å². The van der Waals surface area contributed by atoms with Crippen LogP contribution in [0, 0.1) is 0 Å². The molecule has 2 aromatic rings. The molecule has 2 heterocycles. The number of anilines is 1. The zero-order valence-electron chi connectivity index (χ0n) is 12.6. The molecule has 1 saturated heterocycles. The van der Waals surface area contributed by atoms with Crippen LogP contribution in [0.25, 0.3) is 11.0 Å². The molecule has 0 saturated carbocycles. The molecule has 1 aliphatic heterocycles. The zero-order valence-corrected chi connectivity index (χ0v) is 12.6. The van der Waals surface area contributed by atoms with Gasteiger partial charge in [0.15, 0.2) is 5.76 Å². The minimum absolute atomic E-state index is 0.210. The van der Waals surface area contributed by atoms with Gasteiger partial charge in [0, 0.05) is 43.8 Å². The number of benzene rings is 1. The average molecular weight is 299 g/mol. The summed E-state index contributed by atoms with van der Waals surface area (Å²) in [5.41, 5.74) is 7.11. The number of furan rings is 1. The molecule has 1 aliphatic rings. The van der Waals surface area contributed by atoms with Crippen molar-refractivity contribution in [3.8, 4) is 0 Å². The monoisotopic (exact) mass is 299 g/mol. The Hall–Kier alpha value is -2.27. The predicted octanol–water partition coefficient (Wildman–Crippen LogP) is 2.23. The van der Waals surface area contributed by atoms with E-state index in [0.29, 0.717) is 5.58 Å². The number of nitrogens with zero attached hydrogens (tertiary/aromatic N) is 2. The second kappa shape index (κ2) is 6.23. The largest absolute Gasteiger partial charge is 0.451 e. The fourth-order valence-corrected chi connectivity index (χ4v) is 2.85. The molecule has 0 aliphatic carbocycles. The second-order valence-corrected chi connectivity index (χ2v) is 5.60. The SMILES string of the molecule is C=CCCN1CCN(c2ccc3oc(C(N)=O)cc3c2)CC1. The van der Waals surface area contributed by atoms with E-state index in [-0.39, 0.29) is 5.76 Å². The number of nitrogens with two attached hydrogens (primary N) is 1. The van der Waals surface area contributed by atoms with Crippen molar-refractivity contribution in [3.63, 3.8) is 0 Å². The molecule has 3 rings (SSSR count). The molecule has 1 fully saturated rings. The maximum Gasteiger partial charge on any atom is 0.284 e. The third kappa shape index (κ3) is 2.99. The van der Waals surface area contributed by atoms with E-state index in [9.17, 15) is 4.79 Å². The van der Waals surface area contributed by atoms with Crippen molar-refractivity contribution in [1.82, 2.24) is 4.90 Å². The van der Waals surface area contributed by atoms with Crippen LogP contribution < -0.4 is 10.6 Å². The van der Waals surface area contributed by atoms with Crippen molar-refractivity contribution in [2.75, 3.05) is 37.6 Å². The lowest BCUT2D eigenvalue weighted by atomic mass is 10.2. The van der Waals surface area contributed by atoms with Crippen LogP contribution in [0.1, 0.15) is 17.0 Å². The molecule has 5 nitrogen and oxygen atoms in total. The van der Waals surface area contributed by atoms with Crippen LogP contribution in [0.3, 0.4) is 0 Å². The number of rotatable bonds is 5.